The summed E-state index contributed by atoms with van der Waals surface area (Å²) in [6.07, 6.45) is 3.56. The highest BCUT2D eigenvalue weighted by Crippen LogP contribution is 2.12. The maximum absolute atomic E-state index is 4.98. The van der Waals surface area contributed by atoms with Crippen LogP contribution in [0.4, 0.5) is 5.82 Å². The molecule has 0 spiro atoms. The number of hydrogen-bond donors (Lipinski definition) is 1. The summed E-state index contributed by atoms with van der Waals surface area (Å²) in [6, 6.07) is 3.65. The van der Waals surface area contributed by atoms with Crippen LogP contribution in [0.25, 0.3) is 0 Å². The molecule has 0 aliphatic carbocycles. The minimum Gasteiger partial charge on any atom is -0.495 e. The van der Waals surface area contributed by atoms with Gasteiger partial charge in [-0.15, -0.1) is 11.8 Å². The lowest BCUT2D eigenvalue weighted by molar-refractivity contribution is 0.413. The molecule has 0 aromatic carbocycles. The summed E-state index contributed by atoms with van der Waals surface area (Å²) in [6.45, 7) is 0. The van der Waals surface area contributed by atoms with Gasteiger partial charge < -0.3 is 10.1 Å². The number of ether oxygens (including phenoxy) is 1. The third-order valence-electron chi connectivity index (χ3n) is 1.39. The zero-order valence-corrected chi connectivity index (χ0v) is 9.04. The van der Waals surface area contributed by atoms with Crippen LogP contribution in [0.1, 0.15) is 0 Å². The van der Waals surface area contributed by atoms with Crippen molar-refractivity contribution in [3.05, 3.63) is 18.3 Å². The minimum absolute atomic E-state index is 0.706. The molecule has 70 valence electrons. The SMILES string of the molecule is COc1ccc(NC(=S)SC)nc1. The average Bonchev–Trinajstić information content (AvgIpc) is 2.19. The number of nitrogens with zero attached hydrogens (tertiary/aromatic N) is 1. The second-order valence-electron chi connectivity index (χ2n) is 2.20. The van der Waals surface area contributed by atoms with E-state index < -0.39 is 0 Å². The van der Waals surface area contributed by atoms with Crippen molar-refractivity contribution in [2.75, 3.05) is 18.7 Å². The maximum atomic E-state index is 4.98. The Morgan fingerprint density at radius 1 is 1.62 bits per heavy atom. The van der Waals surface area contributed by atoms with Crippen molar-refractivity contribution in [1.29, 1.82) is 0 Å². The highest BCUT2D eigenvalue weighted by atomic mass is 32.2. The summed E-state index contributed by atoms with van der Waals surface area (Å²) in [7, 11) is 1.61. The Kier molecular flexibility index (Phi) is 3.98. The Hall–Kier alpha value is -0.810. The third kappa shape index (κ3) is 3.20. The second-order valence-corrected chi connectivity index (χ2v) is 3.68. The molecule has 0 saturated carbocycles. The fraction of sp³-hybridized carbons (Fsp3) is 0.250. The lowest BCUT2D eigenvalue weighted by Gasteiger charge is -2.04. The molecule has 1 heterocycles. The Morgan fingerprint density at radius 3 is 2.85 bits per heavy atom. The van der Waals surface area contributed by atoms with Gasteiger partial charge >= 0.3 is 0 Å². The number of nitrogens with one attached hydrogen (secondary N) is 1. The predicted molar refractivity (Wildman–Crippen MR) is 60.5 cm³/mol. The highest BCUT2D eigenvalue weighted by molar-refractivity contribution is 8.22. The van der Waals surface area contributed by atoms with Gasteiger partial charge in [0.1, 0.15) is 15.9 Å². The molecule has 0 saturated heterocycles. The number of thioether (sulfide) groups is 1. The summed E-state index contributed by atoms with van der Waals surface area (Å²) >= 11 is 6.46. The molecule has 13 heavy (non-hydrogen) atoms. The van der Waals surface area contributed by atoms with Crippen molar-refractivity contribution in [2.24, 2.45) is 0 Å². The van der Waals surface area contributed by atoms with Gasteiger partial charge in [-0.1, -0.05) is 12.2 Å². The molecule has 0 bridgehead atoms. The van der Waals surface area contributed by atoms with Gasteiger partial charge in [0.15, 0.2) is 0 Å². The molecule has 0 unspecified atom stereocenters. The van der Waals surface area contributed by atoms with Gasteiger partial charge in [-0.3, -0.25) is 0 Å². The van der Waals surface area contributed by atoms with Crippen LogP contribution in [0, 0.1) is 0 Å². The summed E-state index contributed by atoms with van der Waals surface area (Å²) in [5, 5.41) is 2.97. The van der Waals surface area contributed by atoms with Gasteiger partial charge in [0, 0.05) is 0 Å². The van der Waals surface area contributed by atoms with E-state index in [2.05, 4.69) is 10.3 Å². The predicted octanol–water partition coefficient (Wildman–Crippen LogP) is 2.15. The lowest BCUT2D eigenvalue weighted by Crippen LogP contribution is -2.04. The summed E-state index contributed by atoms with van der Waals surface area (Å²) in [4.78, 5) is 4.10. The van der Waals surface area contributed by atoms with Crippen LogP contribution in [-0.2, 0) is 0 Å². The number of pyridine rings is 1. The molecule has 0 aliphatic rings. The van der Waals surface area contributed by atoms with Crippen LogP contribution in [0.15, 0.2) is 18.3 Å². The zero-order valence-electron chi connectivity index (χ0n) is 7.40. The number of anilines is 1. The maximum Gasteiger partial charge on any atom is 0.139 e. The Morgan fingerprint density at radius 2 is 2.38 bits per heavy atom. The van der Waals surface area contributed by atoms with E-state index in [0.29, 0.717) is 4.32 Å². The molecule has 0 amide bonds. The van der Waals surface area contributed by atoms with Crippen LogP contribution in [0.3, 0.4) is 0 Å². The molecule has 0 radical (unpaired) electrons. The van der Waals surface area contributed by atoms with Crippen LogP contribution in [0.2, 0.25) is 0 Å². The Balaban J connectivity index is 2.64. The van der Waals surface area contributed by atoms with Crippen molar-refractivity contribution in [2.45, 2.75) is 0 Å². The molecule has 0 aliphatic heterocycles. The van der Waals surface area contributed by atoms with Crippen LogP contribution >= 0.6 is 24.0 Å². The smallest absolute Gasteiger partial charge is 0.139 e. The highest BCUT2D eigenvalue weighted by Gasteiger charge is 1.97. The van der Waals surface area contributed by atoms with E-state index in [1.165, 1.54) is 11.8 Å². The number of methoxy groups -OCH3 is 1. The summed E-state index contributed by atoms with van der Waals surface area (Å²) < 4.78 is 5.68. The normalized spacial score (nSPS) is 9.38. The molecular weight excluding hydrogens is 204 g/mol. The molecule has 3 nitrogen and oxygen atoms in total. The van der Waals surface area contributed by atoms with E-state index >= 15 is 0 Å². The minimum atomic E-state index is 0.706. The van der Waals surface area contributed by atoms with Gasteiger partial charge in [-0.25, -0.2) is 4.98 Å². The Labute approximate surface area is 86.9 Å². The number of rotatable bonds is 2. The largest absolute Gasteiger partial charge is 0.495 e. The fourth-order valence-corrected chi connectivity index (χ4v) is 1.04. The van der Waals surface area contributed by atoms with Crippen LogP contribution in [0.5, 0.6) is 5.75 Å². The topological polar surface area (TPSA) is 34.1 Å². The first-order valence-electron chi connectivity index (χ1n) is 3.61. The van der Waals surface area contributed by atoms with Crippen molar-refractivity contribution in [1.82, 2.24) is 4.98 Å². The van der Waals surface area contributed by atoms with E-state index in [1.54, 1.807) is 13.3 Å². The first-order valence-corrected chi connectivity index (χ1v) is 5.24. The monoisotopic (exact) mass is 214 g/mol. The standard InChI is InChI=1S/C8H10N2OS2/c1-11-6-3-4-7(9-5-6)10-8(12)13-2/h3-5H,1-2H3,(H,9,10,12). The third-order valence-corrected chi connectivity index (χ3v) is 2.46. The number of aromatic nitrogens is 1. The first-order chi connectivity index (χ1) is 6.26. The van der Waals surface area contributed by atoms with Gasteiger partial charge in [-0.2, -0.15) is 0 Å². The van der Waals surface area contributed by atoms with Crippen LogP contribution < -0.4 is 10.1 Å². The van der Waals surface area contributed by atoms with Crippen molar-refractivity contribution >= 4 is 34.1 Å². The van der Waals surface area contributed by atoms with Crippen LogP contribution in [-0.4, -0.2) is 22.7 Å². The van der Waals surface area contributed by atoms with Gasteiger partial charge in [0.05, 0.1) is 13.3 Å². The van der Waals surface area contributed by atoms with E-state index in [1.807, 2.05) is 18.4 Å². The van der Waals surface area contributed by atoms with Gasteiger partial charge in [-0.05, 0) is 18.4 Å². The van der Waals surface area contributed by atoms with E-state index in [0.717, 1.165) is 11.6 Å². The molecule has 0 fully saturated rings. The first kappa shape index (κ1) is 10.3. The molecule has 5 heteroatoms. The van der Waals surface area contributed by atoms with E-state index in [9.17, 15) is 0 Å². The second kappa shape index (κ2) is 5.04. The molecule has 0 atom stereocenters. The summed E-state index contributed by atoms with van der Waals surface area (Å²) in [5.74, 6) is 1.47. The number of thiocarbonyl (C=S) groups is 1. The van der Waals surface area contributed by atoms with E-state index in [4.69, 9.17) is 17.0 Å². The van der Waals surface area contributed by atoms with E-state index in [-0.39, 0.29) is 0 Å². The van der Waals surface area contributed by atoms with Crippen molar-refractivity contribution in [3.63, 3.8) is 0 Å². The molecule has 1 N–H and O–H groups in total. The quantitative estimate of drug-likeness (QED) is 0.763. The molecule has 1 aromatic rings. The fourth-order valence-electron chi connectivity index (χ4n) is 0.731. The number of hydrogen-bond acceptors (Lipinski definition) is 4. The Bertz CT molecular complexity index is 287. The zero-order chi connectivity index (χ0) is 9.68. The average molecular weight is 214 g/mol. The molecule has 1 aromatic heterocycles. The molecule has 1 rings (SSSR count). The van der Waals surface area contributed by atoms with Gasteiger partial charge in [0.2, 0.25) is 0 Å². The lowest BCUT2D eigenvalue weighted by atomic mass is 10.4. The molecular formula is C8H10N2OS2. The van der Waals surface area contributed by atoms with Crippen molar-refractivity contribution < 1.29 is 4.74 Å². The summed E-state index contributed by atoms with van der Waals surface area (Å²) in [5.41, 5.74) is 0. The van der Waals surface area contributed by atoms with Crippen molar-refractivity contribution in [3.8, 4) is 5.75 Å². The van der Waals surface area contributed by atoms with Gasteiger partial charge in [0.25, 0.3) is 0 Å².